The van der Waals surface area contributed by atoms with Gasteiger partial charge in [-0.2, -0.15) is 0 Å². The van der Waals surface area contributed by atoms with E-state index in [1.165, 1.54) is 23.5 Å². The highest BCUT2D eigenvalue weighted by molar-refractivity contribution is 7.17. The Balaban J connectivity index is 2.60. The first-order chi connectivity index (χ1) is 9.58. The molecule has 0 unspecified atom stereocenters. The number of amides is 1. The first kappa shape index (κ1) is 14.5. The standard InChI is InChI=1S/C15H17FN2OS/c1-3-11-12(9-5-7-10(16)8-6-9)13(14(17)20-11)15(19)18-4-2/h5-8H,3-4,17H2,1-2H3,(H,18,19). The highest BCUT2D eigenvalue weighted by atomic mass is 32.1. The first-order valence-electron chi connectivity index (χ1n) is 6.53. The van der Waals surface area contributed by atoms with Gasteiger partial charge in [0.15, 0.2) is 0 Å². The lowest BCUT2D eigenvalue weighted by Gasteiger charge is -2.08. The van der Waals surface area contributed by atoms with Crippen molar-refractivity contribution in [3.8, 4) is 11.1 Å². The molecule has 1 amide bonds. The van der Waals surface area contributed by atoms with Crippen LogP contribution in [0.2, 0.25) is 0 Å². The number of nitrogens with two attached hydrogens (primary N) is 1. The smallest absolute Gasteiger partial charge is 0.254 e. The molecule has 0 saturated carbocycles. The predicted octanol–water partition coefficient (Wildman–Crippen LogP) is 3.45. The van der Waals surface area contributed by atoms with Crippen LogP contribution in [0.25, 0.3) is 11.1 Å². The molecule has 106 valence electrons. The number of rotatable bonds is 4. The minimum absolute atomic E-state index is 0.180. The van der Waals surface area contributed by atoms with Crippen LogP contribution in [0.15, 0.2) is 24.3 Å². The lowest BCUT2D eigenvalue weighted by atomic mass is 9.99. The van der Waals surface area contributed by atoms with E-state index in [1.807, 2.05) is 13.8 Å². The number of halogens is 1. The molecule has 3 nitrogen and oxygen atoms in total. The number of nitrogen functional groups attached to an aromatic ring is 1. The SMILES string of the molecule is CCNC(=O)c1c(N)sc(CC)c1-c1ccc(F)cc1. The summed E-state index contributed by atoms with van der Waals surface area (Å²) in [4.78, 5) is 13.2. The molecule has 2 rings (SSSR count). The molecule has 1 aromatic heterocycles. The van der Waals surface area contributed by atoms with Crippen molar-refractivity contribution in [2.45, 2.75) is 20.3 Å². The van der Waals surface area contributed by atoms with E-state index < -0.39 is 0 Å². The molecule has 2 aromatic rings. The molecule has 3 N–H and O–H groups in total. The van der Waals surface area contributed by atoms with Gasteiger partial charge in [0.05, 0.1) is 10.6 Å². The molecule has 0 spiro atoms. The molecule has 0 bridgehead atoms. The fraction of sp³-hybridized carbons (Fsp3) is 0.267. The number of hydrogen-bond donors (Lipinski definition) is 2. The molecule has 20 heavy (non-hydrogen) atoms. The first-order valence-corrected chi connectivity index (χ1v) is 7.35. The highest BCUT2D eigenvalue weighted by Gasteiger charge is 2.22. The number of aryl methyl sites for hydroxylation is 1. The lowest BCUT2D eigenvalue weighted by Crippen LogP contribution is -2.23. The van der Waals surface area contributed by atoms with Crippen molar-refractivity contribution >= 4 is 22.2 Å². The molecule has 1 aromatic carbocycles. The van der Waals surface area contributed by atoms with E-state index >= 15 is 0 Å². The maximum Gasteiger partial charge on any atom is 0.254 e. The normalized spacial score (nSPS) is 10.6. The van der Waals surface area contributed by atoms with Crippen LogP contribution in [0.3, 0.4) is 0 Å². The van der Waals surface area contributed by atoms with Crippen LogP contribution in [0.4, 0.5) is 9.39 Å². The number of carbonyl (C=O) groups is 1. The summed E-state index contributed by atoms with van der Waals surface area (Å²) in [6.07, 6.45) is 0.779. The van der Waals surface area contributed by atoms with E-state index in [1.54, 1.807) is 12.1 Å². The van der Waals surface area contributed by atoms with Gasteiger partial charge in [0.2, 0.25) is 0 Å². The van der Waals surface area contributed by atoms with Crippen molar-refractivity contribution in [2.24, 2.45) is 0 Å². The summed E-state index contributed by atoms with van der Waals surface area (Å²) in [5.74, 6) is -0.477. The second-order valence-corrected chi connectivity index (χ2v) is 5.50. The minimum atomic E-state index is -0.297. The summed E-state index contributed by atoms with van der Waals surface area (Å²) in [5, 5.41) is 3.28. The van der Waals surface area contributed by atoms with E-state index in [9.17, 15) is 9.18 Å². The highest BCUT2D eigenvalue weighted by Crippen LogP contribution is 2.39. The molecule has 0 aliphatic heterocycles. The summed E-state index contributed by atoms with van der Waals surface area (Å²) in [5.41, 5.74) is 8.14. The number of nitrogens with one attached hydrogen (secondary N) is 1. The monoisotopic (exact) mass is 292 g/mol. The average Bonchev–Trinajstić information content (AvgIpc) is 2.76. The summed E-state index contributed by atoms with van der Waals surface area (Å²) in [6.45, 7) is 4.41. The Morgan fingerprint density at radius 2 is 1.95 bits per heavy atom. The Morgan fingerprint density at radius 1 is 1.30 bits per heavy atom. The Hall–Kier alpha value is -1.88. The van der Waals surface area contributed by atoms with Gasteiger partial charge < -0.3 is 11.1 Å². The third-order valence-corrected chi connectivity index (χ3v) is 4.19. The number of benzene rings is 1. The predicted molar refractivity (Wildman–Crippen MR) is 81.5 cm³/mol. The summed E-state index contributed by atoms with van der Waals surface area (Å²) >= 11 is 1.42. The molecule has 1 heterocycles. The van der Waals surface area contributed by atoms with Crippen molar-refractivity contribution in [1.82, 2.24) is 5.32 Å². The zero-order chi connectivity index (χ0) is 14.7. The van der Waals surface area contributed by atoms with E-state index in [-0.39, 0.29) is 11.7 Å². The second kappa shape index (κ2) is 6.05. The fourth-order valence-electron chi connectivity index (χ4n) is 2.14. The second-order valence-electron chi connectivity index (χ2n) is 4.36. The Bertz CT molecular complexity index is 620. The zero-order valence-corrected chi connectivity index (χ0v) is 12.3. The van der Waals surface area contributed by atoms with Gasteiger partial charge in [0, 0.05) is 17.0 Å². The van der Waals surface area contributed by atoms with Crippen LogP contribution < -0.4 is 11.1 Å². The van der Waals surface area contributed by atoms with Crippen LogP contribution in [-0.4, -0.2) is 12.5 Å². The molecule has 5 heteroatoms. The summed E-state index contributed by atoms with van der Waals surface area (Å²) in [7, 11) is 0. The van der Waals surface area contributed by atoms with Crippen molar-refractivity contribution in [1.29, 1.82) is 0 Å². The largest absolute Gasteiger partial charge is 0.390 e. The van der Waals surface area contributed by atoms with Crippen molar-refractivity contribution in [3.05, 3.63) is 40.5 Å². The topological polar surface area (TPSA) is 55.1 Å². The molecule has 0 saturated heterocycles. The van der Waals surface area contributed by atoms with E-state index in [4.69, 9.17) is 5.73 Å². The third-order valence-electron chi connectivity index (χ3n) is 3.03. The quantitative estimate of drug-likeness (QED) is 0.907. The Labute approximate surface area is 121 Å². The van der Waals surface area contributed by atoms with E-state index in [2.05, 4.69) is 5.32 Å². The number of thiophene rings is 1. The maximum absolute atomic E-state index is 13.1. The molecule has 0 aliphatic carbocycles. The van der Waals surface area contributed by atoms with Gasteiger partial charge in [0.25, 0.3) is 5.91 Å². The van der Waals surface area contributed by atoms with Gasteiger partial charge in [-0.25, -0.2) is 4.39 Å². The number of anilines is 1. The van der Waals surface area contributed by atoms with E-state index in [0.717, 1.165) is 22.4 Å². The molecular formula is C15H17FN2OS. The van der Waals surface area contributed by atoms with Crippen molar-refractivity contribution in [3.63, 3.8) is 0 Å². The van der Waals surface area contributed by atoms with E-state index in [0.29, 0.717) is 17.1 Å². The van der Waals surface area contributed by atoms with Crippen LogP contribution in [0, 0.1) is 5.82 Å². The summed E-state index contributed by atoms with van der Waals surface area (Å²) in [6, 6.07) is 6.14. The molecular weight excluding hydrogens is 275 g/mol. The molecule has 0 atom stereocenters. The van der Waals surface area contributed by atoms with Gasteiger partial charge in [0.1, 0.15) is 5.82 Å². The summed E-state index contributed by atoms with van der Waals surface area (Å²) < 4.78 is 13.1. The van der Waals surface area contributed by atoms with Gasteiger partial charge in [-0.3, -0.25) is 4.79 Å². The lowest BCUT2D eigenvalue weighted by molar-refractivity contribution is 0.0957. The van der Waals surface area contributed by atoms with Crippen LogP contribution in [-0.2, 0) is 6.42 Å². The minimum Gasteiger partial charge on any atom is -0.390 e. The van der Waals surface area contributed by atoms with Crippen LogP contribution >= 0.6 is 11.3 Å². The molecule has 0 fully saturated rings. The van der Waals surface area contributed by atoms with Crippen molar-refractivity contribution < 1.29 is 9.18 Å². The maximum atomic E-state index is 13.1. The van der Waals surface area contributed by atoms with Gasteiger partial charge >= 0.3 is 0 Å². The van der Waals surface area contributed by atoms with Gasteiger partial charge in [-0.1, -0.05) is 19.1 Å². The Kier molecular flexibility index (Phi) is 4.39. The average molecular weight is 292 g/mol. The van der Waals surface area contributed by atoms with Gasteiger partial charge in [-0.05, 0) is 31.0 Å². The zero-order valence-electron chi connectivity index (χ0n) is 11.5. The van der Waals surface area contributed by atoms with Crippen LogP contribution in [0.1, 0.15) is 29.1 Å². The molecule has 0 radical (unpaired) electrons. The number of hydrogen-bond acceptors (Lipinski definition) is 3. The van der Waals surface area contributed by atoms with Gasteiger partial charge in [-0.15, -0.1) is 11.3 Å². The molecule has 0 aliphatic rings. The van der Waals surface area contributed by atoms with Crippen LogP contribution in [0.5, 0.6) is 0 Å². The fourth-order valence-corrected chi connectivity index (χ4v) is 3.17. The number of carbonyl (C=O) groups excluding carboxylic acids is 1. The Morgan fingerprint density at radius 3 is 2.50 bits per heavy atom. The third kappa shape index (κ3) is 2.67. The van der Waals surface area contributed by atoms with Crippen molar-refractivity contribution in [2.75, 3.05) is 12.3 Å².